The lowest BCUT2D eigenvalue weighted by Gasteiger charge is -2.33. The summed E-state index contributed by atoms with van der Waals surface area (Å²) < 4.78 is 5.34. The predicted molar refractivity (Wildman–Crippen MR) is 90.6 cm³/mol. The van der Waals surface area contributed by atoms with Crippen LogP contribution in [-0.4, -0.2) is 42.5 Å². The van der Waals surface area contributed by atoms with E-state index in [0.29, 0.717) is 12.3 Å². The Morgan fingerprint density at radius 2 is 1.83 bits per heavy atom. The van der Waals surface area contributed by atoms with Gasteiger partial charge in [-0.05, 0) is 39.8 Å². The molecule has 0 spiro atoms. The van der Waals surface area contributed by atoms with Crippen LogP contribution in [0.1, 0.15) is 34.1 Å². The molecular weight excluding hydrogens is 292 g/mol. The van der Waals surface area contributed by atoms with E-state index >= 15 is 0 Å². The number of nitrogens with zero attached hydrogens (tertiary/aromatic N) is 2. The van der Waals surface area contributed by atoms with E-state index < -0.39 is 0 Å². The highest BCUT2D eigenvalue weighted by atomic mass is 16.5. The second-order valence-electron chi connectivity index (χ2n) is 6.51. The molecule has 126 valence electrons. The molecular formula is C18H26N2O3. The number of anilines is 1. The standard InChI is InChI=1S/C18H26N2O3/c1-12(2)20(13(3)4)18(22)14-10-17(21)19(11-14)15-8-6-7-9-16(15)23-5/h6-9,12-14H,10-11H2,1-5H3. The Morgan fingerprint density at radius 1 is 1.22 bits per heavy atom. The fourth-order valence-corrected chi connectivity index (χ4v) is 3.27. The molecule has 5 heteroatoms. The van der Waals surface area contributed by atoms with Crippen LogP contribution in [0.25, 0.3) is 0 Å². The van der Waals surface area contributed by atoms with E-state index in [9.17, 15) is 9.59 Å². The van der Waals surface area contributed by atoms with Crippen molar-refractivity contribution >= 4 is 17.5 Å². The van der Waals surface area contributed by atoms with Crippen LogP contribution in [0, 0.1) is 5.92 Å². The number of amides is 2. The van der Waals surface area contributed by atoms with Gasteiger partial charge in [0.25, 0.3) is 0 Å². The third-order valence-electron chi connectivity index (χ3n) is 4.22. The highest BCUT2D eigenvalue weighted by molar-refractivity contribution is 6.01. The Labute approximate surface area is 138 Å². The Balaban J connectivity index is 2.21. The molecule has 1 fully saturated rings. The summed E-state index contributed by atoms with van der Waals surface area (Å²) in [7, 11) is 1.58. The van der Waals surface area contributed by atoms with Gasteiger partial charge in [0.1, 0.15) is 5.75 Å². The highest BCUT2D eigenvalue weighted by Gasteiger charge is 2.39. The molecule has 23 heavy (non-hydrogen) atoms. The zero-order valence-corrected chi connectivity index (χ0v) is 14.6. The molecule has 1 aromatic rings. The molecule has 0 N–H and O–H groups in total. The maximum atomic E-state index is 12.8. The number of hydrogen-bond acceptors (Lipinski definition) is 3. The van der Waals surface area contributed by atoms with Crippen LogP contribution < -0.4 is 9.64 Å². The normalized spacial score (nSPS) is 18.0. The first-order valence-electron chi connectivity index (χ1n) is 8.12. The van der Waals surface area contributed by atoms with Crippen molar-refractivity contribution in [2.75, 3.05) is 18.6 Å². The first-order valence-corrected chi connectivity index (χ1v) is 8.12. The molecule has 1 unspecified atom stereocenters. The smallest absolute Gasteiger partial charge is 0.228 e. The minimum atomic E-state index is -0.294. The van der Waals surface area contributed by atoms with E-state index in [-0.39, 0.29) is 36.2 Å². The molecule has 1 aliphatic rings. The topological polar surface area (TPSA) is 49.9 Å². The molecule has 1 aliphatic heterocycles. The molecule has 0 bridgehead atoms. The van der Waals surface area contributed by atoms with Crippen molar-refractivity contribution in [1.82, 2.24) is 4.90 Å². The summed E-state index contributed by atoms with van der Waals surface area (Å²) in [5.41, 5.74) is 0.732. The van der Waals surface area contributed by atoms with Crippen molar-refractivity contribution in [2.24, 2.45) is 5.92 Å². The van der Waals surface area contributed by atoms with Gasteiger partial charge in [-0.25, -0.2) is 0 Å². The van der Waals surface area contributed by atoms with Crippen LogP contribution in [0.15, 0.2) is 24.3 Å². The van der Waals surface area contributed by atoms with Crippen LogP contribution in [0.4, 0.5) is 5.69 Å². The molecule has 1 saturated heterocycles. The molecule has 1 heterocycles. The van der Waals surface area contributed by atoms with Gasteiger partial charge in [-0.1, -0.05) is 12.1 Å². The average Bonchev–Trinajstić information content (AvgIpc) is 2.88. The largest absolute Gasteiger partial charge is 0.495 e. The Bertz CT molecular complexity index is 575. The number of ether oxygens (including phenoxy) is 1. The predicted octanol–water partition coefficient (Wildman–Crippen LogP) is 2.69. The van der Waals surface area contributed by atoms with E-state index in [1.165, 1.54) is 0 Å². The molecule has 2 rings (SSSR count). The molecule has 0 radical (unpaired) electrons. The molecule has 0 aromatic heterocycles. The van der Waals surface area contributed by atoms with Crippen LogP contribution in [0.3, 0.4) is 0 Å². The highest BCUT2D eigenvalue weighted by Crippen LogP contribution is 2.33. The molecule has 2 amide bonds. The van der Waals surface area contributed by atoms with Crippen molar-refractivity contribution in [1.29, 1.82) is 0 Å². The minimum Gasteiger partial charge on any atom is -0.495 e. The Hall–Kier alpha value is -2.04. The number of methoxy groups -OCH3 is 1. The average molecular weight is 318 g/mol. The number of hydrogen-bond donors (Lipinski definition) is 0. The SMILES string of the molecule is COc1ccccc1N1CC(C(=O)N(C(C)C)C(C)C)CC1=O. The summed E-state index contributed by atoms with van der Waals surface area (Å²) in [5.74, 6) is 0.386. The minimum absolute atomic E-state index is 0.0275. The van der Waals surface area contributed by atoms with E-state index in [4.69, 9.17) is 4.74 Å². The monoisotopic (exact) mass is 318 g/mol. The van der Waals surface area contributed by atoms with Crippen molar-refractivity contribution in [3.63, 3.8) is 0 Å². The molecule has 5 nitrogen and oxygen atoms in total. The van der Waals surface area contributed by atoms with Gasteiger partial charge in [-0.2, -0.15) is 0 Å². The van der Waals surface area contributed by atoms with Gasteiger partial charge in [-0.15, -0.1) is 0 Å². The van der Waals surface area contributed by atoms with E-state index in [0.717, 1.165) is 5.69 Å². The third kappa shape index (κ3) is 3.49. The summed E-state index contributed by atoms with van der Waals surface area (Å²) in [5, 5.41) is 0. The zero-order valence-electron chi connectivity index (χ0n) is 14.6. The molecule has 1 atom stereocenters. The maximum Gasteiger partial charge on any atom is 0.228 e. The van der Waals surface area contributed by atoms with Crippen LogP contribution >= 0.6 is 0 Å². The number of benzene rings is 1. The lowest BCUT2D eigenvalue weighted by Crippen LogP contribution is -2.45. The van der Waals surface area contributed by atoms with Gasteiger partial charge in [0, 0.05) is 25.0 Å². The summed E-state index contributed by atoms with van der Waals surface area (Å²) in [6.07, 6.45) is 0.257. The van der Waals surface area contributed by atoms with Gasteiger partial charge in [-0.3, -0.25) is 9.59 Å². The quantitative estimate of drug-likeness (QED) is 0.839. The van der Waals surface area contributed by atoms with Crippen molar-refractivity contribution in [3.05, 3.63) is 24.3 Å². The number of carbonyl (C=O) groups is 2. The second kappa shape index (κ2) is 7.02. The Morgan fingerprint density at radius 3 is 2.39 bits per heavy atom. The third-order valence-corrected chi connectivity index (χ3v) is 4.22. The fraction of sp³-hybridized carbons (Fsp3) is 0.556. The lowest BCUT2D eigenvalue weighted by atomic mass is 10.0. The second-order valence-corrected chi connectivity index (χ2v) is 6.51. The zero-order chi connectivity index (χ0) is 17.1. The maximum absolute atomic E-state index is 12.8. The summed E-state index contributed by atoms with van der Waals surface area (Å²) in [6.45, 7) is 8.44. The van der Waals surface area contributed by atoms with Gasteiger partial charge in [0.2, 0.25) is 11.8 Å². The first-order chi connectivity index (χ1) is 10.9. The number of carbonyl (C=O) groups excluding carboxylic acids is 2. The lowest BCUT2D eigenvalue weighted by molar-refractivity contribution is -0.139. The molecule has 1 aromatic carbocycles. The van der Waals surface area contributed by atoms with Crippen molar-refractivity contribution in [3.8, 4) is 5.75 Å². The van der Waals surface area contributed by atoms with Crippen molar-refractivity contribution in [2.45, 2.75) is 46.2 Å². The van der Waals surface area contributed by atoms with Crippen molar-refractivity contribution < 1.29 is 14.3 Å². The van der Waals surface area contributed by atoms with Gasteiger partial charge >= 0.3 is 0 Å². The summed E-state index contributed by atoms with van der Waals surface area (Å²) in [4.78, 5) is 28.8. The van der Waals surface area contributed by atoms with Gasteiger partial charge < -0.3 is 14.5 Å². The number of para-hydroxylation sites is 2. The summed E-state index contributed by atoms with van der Waals surface area (Å²) in [6, 6.07) is 7.66. The van der Waals surface area contributed by atoms with Crippen LogP contribution in [0.2, 0.25) is 0 Å². The van der Waals surface area contributed by atoms with Gasteiger partial charge in [0.05, 0.1) is 18.7 Å². The molecule has 0 saturated carbocycles. The summed E-state index contributed by atoms with van der Waals surface area (Å²) >= 11 is 0. The molecule has 0 aliphatic carbocycles. The van der Waals surface area contributed by atoms with Crippen LogP contribution in [-0.2, 0) is 9.59 Å². The van der Waals surface area contributed by atoms with E-state index in [1.54, 1.807) is 12.0 Å². The fourth-order valence-electron chi connectivity index (χ4n) is 3.27. The van der Waals surface area contributed by atoms with E-state index in [1.807, 2.05) is 56.9 Å². The van der Waals surface area contributed by atoms with E-state index in [2.05, 4.69) is 0 Å². The van der Waals surface area contributed by atoms with Gasteiger partial charge in [0.15, 0.2) is 0 Å². The van der Waals surface area contributed by atoms with Crippen LogP contribution in [0.5, 0.6) is 5.75 Å². The first kappa shape index (κ1) is 17.3. The number of rotatable bonds is 5. The Kier molecular flexibility index (Phi) is 5.29.